The van der Waals surface area contributed by atoms with Gasteiger partial charge in [0.25, 0.3) is 0 Å². The lowest BCUT2D eigenvalue weighted by atomic mass is 10.1. The van der Waals surface area contributed by atoms with E-state index in [9.17, 15) is 4.79 Å². The van der Waals surface area contributed by atoms with Gasteiger partial charge in [0.15, 0.2) is 0 Å². The van der Waals surface area contributed by atoms with Crippen LogP contribution in [0.1, 0.15) is 32.0 Å². The van der Waals surface area contributed by atoms with E-state index in [1.807, 2.05) is 16.4 Å². The lowest BCUT2D eigenvalue weighted by molar-refractivity contribution is -0.114. The van der Waals surface area contributed by atoms with Gasteiger partial charge in [0, 0.05) is 17.1 Å². The summed E-state index contributed by atoms with van der Waals surface area (Å²) in [5, 5.41) is 7.45. The molecule has 17 heavy (non-hydrogen) atoms. The minimum Gasteiger partial charge on any atom is -0.310 e. The Kier molecular flexibility index (Phi) is 3.41. The molecule has 0 fully saturated rings. The summed E-state index contributed by atoms with van der Waals surface area (Å²) in [5.74, 6) is 2.42. The Morgan fingerprint density at radius 2 is 2.24 bits per heavy atom. The minimum absolute atomic E-state index is 0.0305. The lowest BCUT2D eigenvalue weighted by Crippen LogP contribution is -2.27. The summed E-state index contributed by atoms with van der Waals surface area (Å²) in [6.07, 6.45) is 0. The fourth-order valence-electron chi connectivity index (χ4n) is 1.79. The second kappa shape index (κ2) is 4.53. The van der Waals surface area contributed by atoms with Crippen LogP contribution in [0.25, 0.3) is 0 Å². The average molecular weight is 274 g/mol. The largest absolute Gasteiger partial charge is 0.310 e. The number of halogens is 1. The lowest BCUT2D eigenvalue weighted by Gasteiger charge is -2.23. The number of nitrogens with zero attached hydrogens (tertiary/aromatic N) is 2. The molecule has 94 valence electrons. The van der Waals surface area contributed by atoms with Crippen molar-refractivity contribution in [2.45, 2.75) is 37.8 Å². The number of carbonyl (C=O) groups is 1. The highest BCUT2D eigenvalue weighted by Gasteiger charge is 2.28. The van der Waals surface area contributed by atoms with Crippen molar-refractivity contribution in [3.63, 3.8) is 0 Å². The van der Waals surface area contributed by atoms with E-state index in [4.69, 9.17) is 11.6 Å². The second-order valence-corrected chi connectivity index (χ2v) is 6.28. The molecule has 0 unspecified atom stereocenters. The molecule has 2 heterocycles. The maximum atomic E-state index is 11.5. The highest BCUT2D eigenvalue weighted by atomic mass is 35.5. The first-order valence-corrected chi connectivity index (χ1v) is 7.17. The number of anilines is 1. The highest BCUT2D eigenvalue weighted by Crippen LogP contribution is 2.37. The molecule has 0 atom stereocenters. The van der Waals surface area contributed by atoms with Crippen molar-refractivity contribution >= 4 is 35.1 Å². The van der Waals surface area contributed by atoms with E-state index >= 15 is 0 Å². The number of aromatic nitrogens is 2. The Labute approximate surface area is 110 Å². The Morgan fingerprint density at radius 1 is 1.53 bits per heavy atom. The van der Waals surface area contributed by atoms with E-state index in [-0.39, 0.29) is 17.3 Å². The summed E-state index contributed by atoms with van der Waals surface area (Å²) in [7, 11) is 0. The molecule has 1 aliphatic heterocycles. The molecule has 0 saturated carbocycles. The summed E-state index contributed by atoms with van der Waals surface area (Å²) >= 11 is 7.36. The van der Waals surface area contributed by atoms with Crippen LogP contribution in [0.5, 0.6) is 0 Å². The van der Waals surface area contributed by atoms with E-state index in [1.54, 1.807) is 0 Å². The van der Waals surface area contributed by atoms with E-state index in [2.05, 4.69) is 31.2 Å². The van der Waals surface area contributed by atoms with Gasteiger partial charge >= 0.3 is 0 Å². The van der Waals surface area contributed by atoms with Crippen molar-refractivity contribution in [1.82, 2.24) is 9.78 Å². The second-order valence-electron chi connectivity index (χ2n) is 5.03. The van der Waals surface area contributed by atoms with Crippen LogP contribution in [0.15, 0.2) is 0 Å². The molecule has 6 heteroatoms. The first-order valence-electron chi connectivity index (χ1n) is 5.48. The molecule has 0 spiro atoms. The number of amides is 1. The molecule has 0 bridgehead atoms. The Morgan fingerprint density at radius 3 is 2.82 bits per heavy atom. The number of hydrogen-bond acceptors (Lipinski definition) is 3. The molecule has 0 saturated heterocycles. The van der Waals surface area contributed by atoms with E-state index in [1.165, 1.54) is 0 Å². The maximum absolute atomic E-state index is 11.5. The fourth-order valence-corrected chi connectivity index (χ4v) is 2.89. The molecule has 1 aromatic rings. The number of thioether (sulfide) groups is 1. The Hall–Kier alpha value is -0.680. The van der Waals surface area contributed by atoms with Crippen molar-refractivity contribution in [3.8, 4) is 0 Å². The smallest absolute Gasteiger partial charge is 0.240 e. The first kappa shape index (κ1) is 12.8. The predicted octanol–water partition coefficient (Wildman–Crippen LogP) is 2.56. The third-order valence-corrected chi connectivity index (χ3v) is 3.78. The van der Waals surface area contributed by atoms with E-state index in [0.717, 1.165) is 28.6 Å². The van der Waals surface area contributed by atoms with Crippen molar-refractivity contribution < 1.29 is 4.79 Å². The van der Waals surface area contributed by atoms with Crippen molar-refractivity contribution in [2.75, 3.05) is 11.2 Å². The molecular weight excluding hydrogens is 258 g/mol. The standard InChI is InChI=1S/C11H16ClN3OS/c1-11(2,3)15-10(13-9(16)4-12)7-5-17-6-8(7)14-15/h4-6H2,1-3H3,(H,13,16). The van der Waals surface area contributed by atoms with Crippen molar-refractivity contribution in [1.29, 1.82) is 0 Å². The summed E-state index contributed by atoms with van der Waals surface area (Å²) in [5.41, 5.74) is 2.07. The number of carbonyl (C=O) groups excluding carboxylic acids is 1. The zero-order chi connectivity index (χ0) is 12.6. The Bertz CT molecular complexity index is 450. The molecule has 1 N–H and O–H groups in total. The maximum Gasteiger partial charge on any atom is 0.240 e. The van der Waals surface area contributed by atoms with Crippen LogP contribution in [0.2, 0.25) is 0 Å². The van der Waals surface area contributed by atoms with Gasteiger partial charge in [0.1, 0.15) is 11.7 Å². The summed E-state index contributed by atoms with van der Waals surface area (Å²) < 4.78 is 1.89. The summed E-state index contributed by atoms with van der Waals surface area (Å²) in [6.45, 7) is 6.20. The molecule has 0 aliphatic carbocycles. The van der Waals surface area contributed by atoms with Gasteiger partial charge in [-0.1, -0.05) is 0 Å². The van der Waals surface area contributed by atoms with Gasteiger partial charge in [-0.25, -0.2) is 4.68 Å². The zero-order valence-corrected chi connectivity index (χ0v) is 11.8. The van der Waals surface area contributed by atoms with Crippen LogP contribution in [0.3, 0.4) is 0 Å². The number of hydrogen-bond donors (Lipinski definition) is 1. The molecule has 2 rings (SSSR count). The molecule has 1 amide bonds. The van der Waals surface area contributed by atoms with Crippen LogP contribution < -0.4 is 5.32 Å². The van der Waals surface area contributed by atoms with Gasteiger partial charge < -0.3 is 5.32 Å². The minimum atomic E-state index is -0.184. The van der Waals surface area contributed by atoms with Crippen LogP contribution in [0, 0.1) is 0 Å². The highest BCUT2D eigenvalue weighted by molar-refractivity contribution is 7.98. The average Bonchev–Trinajstić information content (AvgIpc) is 2.79. The predicted molar refractivity (Wildman–Crippen MR) is 71.6 cm³/mol. The zero-order valence-electron chi connectivity index (χ0n) is 10.2. The Balaban J connectivity index is 2.43. The van der Waals surface area contributed by atoms with Crippen molar-refractivity contribution in [2.24, 2.45) is 0 Å². The number of alkyl halides is 1. The van der Waals surface area contributed by atoms with Crippen LogP contribution >= 0.6 is 23.4 Å². The van der Waals surface area contributed by atoms with Gasteiger partial charge in [-0.3, -0.25) is 4.79 Å². The van der Waals surface area contributed by atoms with E-state index < -0.39 is 0 Å². The van der Waals surface area contributed by atoms with Crippen LogP contribution in [-0.4, -0.2) is 21.6 Å². The SMILES string of the molecule is CC(C)(C)n1nc2c(c1NC(=O)CCl)CSC2. The van der Waals surface area contributed by atoms with Crippen LogP contribution in [0.4, 0.5) is 5.82 Å². The third-order valence-electron chi connectivity index (χ3n) is 2.57. The molecule has 4 nitrogen and oxygen atoms in total. The van der Waals surface area contributed by atoms with Crippen molar-refractivity contribution in [3.05, 3.63) is 11.3 Å². The molecule has 0 radical (unpaired) electrons. The monoisotopic (exact) mass is 273 g/mol. The molecule has 1 aliphatic rings. The normalized spacial score (nSPS) is 14.8. The quantitative estimate of drug-likeness (QED) is 0.843. The molecule has 1 aromatic heterocycles. The van der Waals surface area contributed by atoms with Gasteiger partial charge in [-0.2, -0.15) is 16.9 Å². The van der Waals surface area contributed by atoms with Gasteiger partial charge in [0.05, 0.1) is 11.2 Å². The summed E-state index contributed by atoms with van der Waals surface area (Å²) in [6, 6.07) is 0. The first-order chi connectivity index (χ1) is 7.93. The molecular formula is C11H16ClN3OS. The number of nitrogens with one attached hydrogen (secondary N) is 1. The third kappa shape index (κ3) is 2.45. The van der Waals surface area contributed by atoms with Crippen LogP contribution in [-0.2, 0) is 21.8 Å². The topological polar surface area (TPSA) is 46.9 Å². The number of rotatable bonds is 2. The molecule has 0 aromatic carbocycles. The van der Waals surface area contributed by atoms with Gasteiger partial charge in [0.2, 0.25) is 5.91 Å². The number of fused-ring (bicyclic) bond motifs is 1. The van der Waals surface area contributed by atoms with E-state index in [0.29, 0.717) is 0 Å². The summed E-state index contributed by atoms with van der Waals surface area (Å²) in [4.78, 5) is 11.5. The fraction of sp³-hybridized carbons (Fsp3) is 0.636. The van der Waals surface area contributed by atoms with Gasteiger partial charge in [-0.15, -0.1) is 11.6 Å². The van der Waals surface area contributed by atoms with Gasteiger partial charge in [-0.05, 0) is 20.8 Å².